The Bertz CT molecular complexity index is 1210. The molecule has 1 aliphatic rings. The summed E-state index contributed by atoms with van der Waals surface area (Å²) >= 11 is 5.86. The number of benzene rings is 3. The van der Waals surface area contributed by atoms with E-state index in [9.17, 15) is 9.59 Å². The van der Waals surface area contributed by atoms with E-state index in [0.29, 0.717) is 45.6 Å². The predicted molar refractivity (Wildman–Crippen MR) is 122 cm³/mol. The van der Waals surface area contributed by atoms with Crippen molar-refractivity contribution in [2.45, 2.75) is 6.92 Å². The second-order valence-electron chi connectivity index (χ2n) is 6.80. The number of carbonyl (C=O) groups excluding carboxylic acids is 2. The van der Waals surface area contributed by atoms with Crippen LogP contribution in [0.25, 0.3) is 0 Å². The van der Waals surface area contributed by atoms with Crippen LogP contribution in [-0.2, 0) is 0 Å². The highest BCUT2D eigenvalue weighted by Gasteiger charge is 2.16. The van der Waals surface area contributed by atoms with Gasteiger partial charge in [-0.3, -0.25) is 4.79 Å². The molecule has 1 amide bonds. The highest BCUT2D eigenvalue weighted by molar-refractivity contribution is 6.30. The van der Waals surface area contributed by atoms with Gasteiger partial charge in [0, 0.05) is 10.6 Å². The standard InChI is InChI=1S/C24H19ClN2O6/c1-2-30-21-11-15(3-9-20(21)33-24(29)16-4-7-18(25)8-5-16)13-26-27-23(28)17-6-10-19-22(12-17)32-14-31-19/h3-13H,2,14H2,1H3,(H,27,28)/b26-13+. The first-order valence-electron chi connectivity index (χ1n) is 10.0. The lowest BCUT2D eigenvalue weighted by atomic mass is 10.2. The molecule has 0 atom stereocenters. The van der Waals surface area contributed by atoms with Crippen LogP contribution in [0, 0.1) is 0 Å². The minimum Gasteiger partial charge on any atom is -0.490 e. The number of hydrogen-bond donors (Lipinski definition) is 1. The van der Waals surface area contributed by atoms with Gasteiger partial charge in [0.05, 0.1) is 18.4 Å². The first-order valence-corrected chi connectivity index (χ1v) is 10.4. The van der Waals surface area contributed by atoms with Crippen LogP contribution in [0.4, 0.5) is 0 Å². The van der Waals surface area contributed by atoms with E-state index in [1.165, 1.54) is 6.21 Å². The molecule has 8 nitrogen and oxygen atoms in total. The van der Waals surface area contributed by atoms with Crippen molar-refractivity contribution >= 4 is 29.7 Å². The van der Waals surface area contributed by atoms with Gasteiger partial charge in [0.25, 0.3) is 5.91 Å². The van der Waals surface area contributed by atoms with Crippen molar-refractivity contribution in [1.29, 1.82) is 0 Å². The SMILES string of the molecule is CCOc1cc(/C=N/NC(=O)c2ccc3c(c2)OCO3)ccc1OC(=O)c1ccc(Cl)cc1. The molecule has 1 N–H and O–H groups in total. The van der Waals surface area contributed by atoms with Crippen molar-refractivity contribution < 1.29 is 28.5 Å². The number of carbonyl (C=O) groups is 2. The van der Waals surface area contributed by atoms with Crippen molar-refractivity contribution in [3.05, 3.63) is 82.4 Å². The first-order chi connectivity index (χ1) is 16.0. The van der Waals surface area contributed by atoms with Crippen LogP contribution in [0.2, 0.25) is 5.02 Å². The molecular formula is C24H19ClN2O6. The average molecular weight is 467 g/mol. The van der Waals surface area contributed by atoms with Gasteiger partial charge in [-0.15, -0.1) is 0 Å². The Morgan fingerprint density at radius 2 is 1.76 bits per heavy atom. The zero-order chi connectivity index (χ0) is 23.2. The van der Waals surface area contributed by atoms with E-state index in [1.807, 2.05) is 6.92 Å². The summed E-state index contributed by atoms with van der Waals surface area (Å²) in [7, 11) is 0. The Labute approximate surface area is 194 Å². The van der Waals surface area contributed by atoms with E-state index in [1.54, 1.807) is 60.7 Å². The molecule has 33 heavy (non-hydrogen) atoms. The van der Waals surface area contributed by atoms with Crippen LogP contribution < -0.4 is 24.4 Å². The molecule has 0 saturated carbocycles. The Balaban J connectivity index is 1.43. The van der Waals surface area contributed by atoms with Crippen molar-refractivity contribution in [2.75, 3.05) is 13.4 Å². The number of ether oxygens (including phenoxy) is 4. The van der Waals surface area contributed by atoms with Crippen LogP contribution in [0.1, 0.15) is 33.2 Å². The number of rotatable bonds is 7. The van der Waals surface area contributed by atoms with Crippen molar-refractivity contribution in [3.63, 3.8) is 0 Å². The third-order valence-electron chi connectivity index (χ3n) is 4.56. The summed E-state index contributed by atoms with van der Waals surface area (Å²) in [6, 6.07) is 16.2. The van der Waals surface area contributed by atoms with Gasteiger partial charge in [-0.25, -0.2) is 10.2 Å². The molecule has 0 aliphatic carbocycles. The number of hydrogen-bond acceptors (Lipinski definition) is 7. The first kappa shape index (κ1) is 22.2. The Morgan fingerprint density at radius 3 is 2.55 bits per heavy atom. The highest BCUT2D eigenvalue weighted by atomic mass is 35.5. The smallest absolute Gasteiger partial charge is 0.343 e. The number of nitrogens with zero attached hydrogens (tertiary/aromatic N) is 1. The van der Waals surface area contributed by atoms with Crippen LogP contribution in [0.3, 0.4) is 0 Å². The Kier molecular flexibility index (Phi) is 6.75. The number of nitrogens with one attached hydrogen (secondary N) is 1. The van der Waals surface area contributed by atoms with Crippen molar-refractivity contribution in [3.8, 4) is 23.0 Å². The molecule has 9 heteroatoms. The van der Waals surface area contributed by atoms with Gasteiger partial charge in [-0.1, -0.05) is 11.6 Å². The Hall–Kier alpha value is -4.04. The van der Waals surface area contributed by atoms with Crippen molar-refractivity contribution in [2.24, 2.45) is 5.10 Å². The molecule has 1 heterocycles. The van der Waals surface area contributed by atoms with Crippen LogP contribution in [0.5, 0.6) is 23.0 Å². The summed E-state index contributed by atoms with van der Waals surface area (Å²) in [4.78, 5) is 24.7. The molecule has 3 aromatic rings. The fourth-order valence-electron chi connectivity index (χ4n) is 2.97. The summed E-state index contributed by atoms with van der Waals surface area (Å²) in [6.07, 6.45) is 1.46. The third-order valence-corrected chi connectivity index (χ3v) is 4.82. The lowest BCUT2D eigenvalue weighted by Gasteiger charge is -2.11. The van der Waals surface area contributed by atoms with E-state index in [4.69, 9.17) is 30.5 Å². The molecule has 0 spiro atoms. The molecule has 0 fully saturated rings. The number of halogens is 1. The van der Waals surface area contributed by atoms with Gasteiger partial charge in [0.1, 0.15) is 0 Å². The maximum atomic E-state index is 12.4. The van der Waals surface area contributed by atoms with E-state index in [-0.39, 0.29) is 12.5 Å². The normalized spacial score (nSPS) is 11.9. The molecule has 1 aliphatic heterocycles. The fourth-order valence-corrected chi connectivity index (χ4v) is 3.10. The second kappa shape index (κ2) is 10.1. The highest BCUT2D eigenvalue weighted by Crippen LogP contribution is 2.32. The average Bonchev–Trinajstić information content (AvgIpc) is 3.29. The topological polar surface area (TPSA) is 95.5 Å². The van der Waals surface area contributed by atoms with Gasteiger partial charge < -0.3 is 18.9 Å². The predicted octanol–water partition coefficient (Wildman–Crippen LogP) is 4.45. The van der Waals surface area contributed by atoms with Gasteiger partial charge in [-0.2, -0.15) is 5.10 Å². The fraction of sp³-hybridized carbons (Fsp3) is 0.125. The van der Waals surface area contributed by atoms with E-state index < -0.39 is 11.9 Å². The Morgan fingerprint density at radius 1 is 1.00 bits per heavy atom. The number of fused-ring (bicyclic) bond motifs is 1. The maximum absolute atomic E-state index is 12.4. The summed E-state index contributed by atoms with van der Waals surface area (Å²) in [5.41, 5.74) is 3.84. The third kappa shape index (κ3) is 5.42. The van der Waals surface area contributed by atoms with Crippen LogP contribution >= 0.6 is 11.6 Å². The van der Waals surface area contributed by atoms with E-state index in [0.717, 1.165) is 0 Å². The monoisotopic (exact) mass is 466 g/mol. The molecule has 168 valence electrons. The summed E-state index contributed by atoms with van der Waals surface area (Å²) in [5, 5.41) is 4.51. The van der Waals surface area contributed by atoms with Gasteiger partial charge >= 0.3 is 5.97 Å². The molecule has 0 saturated heterocycles. The molecule has 0 radical (unpaired) electrons. The lowest BCUT2D eigenvalue weighted by molar-refractivity contribution is 0.0728. The molecule has 4 rings (SSSR count). The van der Waals surface area contributed by atoms with E-state index >= 15 is 0 Å². The summed E-state index contributed by atoms with van der Waals surface area (Å²) < 4.78 is 21.6. The second-order valence-corrected chi connectivity index (χ2v) is 7.24. The van der Waals surface area contributed by atoms with Crippen LogP contribution in [0.15, 0.2) is 65.8 Å². The molecule has 0 aromatic heterocycles. The summed E-state index contributed by atoms with van der Waals surface area (Å²) in [5.74, 6) is 0.796. The zero-order valence-corrected chi connectivity index (χ0v) is 18.3. The molecular weight excluding hydrogens is 448 g/mol. The quantitative estimate of drug-likeness (QED) is 0.239. The molecule has 0 bridgehead atoms. The molecule has 3 aromatic carbocycles. The minimum absolute atomic E-state index is 0.131. The van der Waals surface area contributed by atoms with Gasteiger partial charge in [0.2, 0.25) is 6.79 Å². The minimum atomic E-state index is -0.537. The van der Waals surface area contributed by atoms with E-state index in [2.05, 4.69) is 10.5 Å². The van der Waals surface area contributed by atoms with Gasteiger partial charge in [0.15, 0.2) is 23.0 Å². The largest absolute Gasteiger partial charge is 0.490 e. The van der Waals surface area contributed by atoms with Crippen LogP contribution in [-0.4, -0.2) is 31.5 Å². The molecule has 0 unspecified atom stereocenters. The number of amides is 1. The number of esters is 1. The lowest BCUT2D eigenvalue weighted by Crippen LogP contribution is -2.17. The maximum Gasteiger partial charge on any atom is 0.343 e. The zero-order valence-electron chi connectivity index (χ0n) is 17.5. The van der Waals surface area contributed by atoms with Gasteiger partial charge in [-0.05, 0) is 73.2 Å². The summed E-state index contributed by atoms with van der Waals surface area (Å²) in [6.45, 7) is 2.32. The number of hydrazone groups is 1. The van der Waals surface area contributed by atoms with Crippen molar-refractivity contribution in [1.82, 2.24) is 5.43 Å².